The molecule has 1 fully saturated rings. The summed E-state index contributed by atoms with van der Waals surface area (Å²) in [6.45, 7) is 6.27. The summed E-state index contributed by atoms with van der Waals surface area (Å²) in [5.41, 5.74) is 9.43. The van der Waals surface area contributed by atoms with Crippen molar-refractivity contribution in [1.29, 1.82) is 0 Å². The number of likely N-dealkylation sites (tertiary alicyclic amines) is 1. The summed E-state index contributed by atoms with van der Waals surface area (Å²) in [6.07, 6.45) is 2.56. The van der Waals surface area contributed by atoms with E-state index in [1.54, 1.807) is 0 Å². The third-order valence-corrected chi connectivity index (χ3v) is 5.46. The van der Waals surface area contributed by atoms with Crippen molar-refractivity contribution in [3.63, 3.8) is 0 Å². The zero-order valence-corrected chi connectivity index (χ0v) is 16.4. The third-order valence-electron chi connectivity index (χ3n) is 5.46. The molecule has 1 aliphatic rings. The van der Waals surface area contributed by atoms with Gasteiger partial charge in [-0.1, -0.05) is 36.4 Å². The first-order valence-electron chi connectivity index (χ1n) is 9.82. The average molecular weight is 367 g/mol. The Morgan fingerprint density at radius 1 is 1.26 bits per heavy atom. The predicted octanol–water partition coefficient (Wildman–Crippen LogP) is 3.70. The fraction of sp³-hybridized carbons (Fsp3) is 0.435. The highest BCUT2D eigenvalue weighted by Crippen LogP contribution is 2.21. The standard InChI is InChI=1S/C23H30N2O2/c1-17-7-3-4-9-21(17)16-27-22-11-5-8-19(13-22)14-23(26)25-12-6-10-20(15-25)18(2)24/h3-5,7-9,11,13,18,20H,6,10,12,14-16,24H2,1-2H3. The van der Waals surface area contributed by atoms with E-state index < -0.39 is 0 Å². The van der Waals surface area contributed by atoms with Gasteiger partial charge in [-0.3, -0.25) is 4.79 Å². The number of nitrogens with two attached hydrogens (primary N) is 1. The number of carbonyl (C=O) groups is 1. The van der Waals surface area contributed by atoms with Crippen LogP contribution in [-0.2, 0) is 17.8 Å². The summed E-state index contributed by atoms with van der Waals surface area (Å²) in [6, 6.07) is 16.2. The lowest BCUT2D eigenvalue weighted by Gasteiger charge is -2.34. The second-order valence-corrected chi connectivity index (χ2v) is 7.64. The molecule has 1 amide bonds. The van der Waals surface area contributed by atoms with Crippen LogP contribution in [0.3, 0.4) is 0 Å². The van der Waals surface area contributed by atoms with Gasteiger partial charge in [0.05, 0.1) is 6.42 Å². The normalized spacial score (nSPS) is 18.2. The first-order valence-corrected chi connectivity index (χ1v) is 9.82. The first-order chi connectivity index (χ1) is 13.0. The Morgan fingerprint density at radius 2 is 2.07 bits per heavy atom. The average Bonchev–Trinajstić information content (AvgIpc) is 2.68. The quantitative estimate of drug-likeness (QED) is 0.848. The zero-order valence-electron chi connectivity index (χ0n) is 16.4. The molecule has 3 rings (SSSR count). The highest BCUT2D eigenvalue weighted by atomic mass is 16.5. The van der Waals surface area contributed by atoms with Crippen molar-refractivity contribution >= 4 is 5.91 Å². The molecule has 2 aromatic carbocycles. The van der Waals surface area contributed by atoms with Gasteiger partial charge in [0.2, 0.25) is 5.91 Å². The highest BCUT2D eigenvalue weighted by molar-refractivity contribution is 5.79. The molecule has 1 saturated heterocycles. The van der Waals surface area contributed by atoms with E-state index in [1.807, 2.05) is 48.2 Å². The molecule has 0 radical (unpaired) electrons. The summed E-state index contributed by atoms with van der Waals surface area (Å²) in [4.78, 5) is 14.7. The van der Waals surface area contributed by atoms with Crippen LogP contribution < -0.4 is 10.5 Å². The van der Waals surface area contributed by atoms with Crippen molar-refractivity contribution in [2.24, 2.45) is 11.7 Å². The number of rotatable bonds is 6. The topological polar surface area (TPSA) is 55.6 Å². The molecule has 4 heteroatoms. The minimum Gasteiger partial charge on any atom is -0.489 e. The molecule has 0 saturated carbocycles. The molecule has 2 aromatic rings. The van der Waals surface area contributed by atoms with Crippen LogP contribution in [0.25, 0.3) is 0 Å². The molecule has 0 bridgehead atoms. The SMILES string of the molecule is Cc1ccccc1COc1cccc(CC(=O)N2CCCC(C(C)N)C2)c1. The van der Waals surface area contributed by atoms with Crippen molar-refractivity contribution in [2.75, 3.05) is 13.1 Å². The molecule has 0 spiro atoms. The van der Waals surface area contributed by atoms with E-state index in [1.165, 1.54) is 11.1 Å². The van der Waals surface area contributed by atoms with Gasteiger partial charge in [-0.05, 0) is 61.4 Å². The molecule has 2 unspecified atom stereocenters. The number of hydrogen-bond donors (Lipinski definition) is 1. The van der Waals surface area contributed by atoms with Crippen molar-refractivity contribution < 1.29 is 9.53 Å². The molecular weight excluding hydrogens is 336 g/mol. The van der Waals surface area contributed by atoms with Crippen LogP contribution in [0.2, 0.25) is 0 Å². The predicted molar refractivity (Wildman–Crippen MR) is 109 cm³/mol. The highest BCUT2D eigenvalue weighted by Gasteiger charge is 2.25. The lowest BCUT2D eigenvalue weighted by Crippen LogP contribution is -2.45. The summed E-state index contributed by atoms with van der Waals surface area (Å²) in [5, 5.41) is 0. The molecule has 1 heterocycles. The van der Waals surface area contributed by atoms with Crippen LogP contribution in [0.15, 0.2) is 48.5 Å². The lowest BCUT2D eigenvalue weighted by molar-refractivity contribution is -0.132. The number of ether oxygens (including phenoxy) is 1. The number of amides is 1. The number of carbonyl (C=O) groups excluding carboxylic acids is 1. The van der Waals surface area contributed by atoms with Crippen molar-refractivity contribution in [3.8, 4) is 5.75 Å². The fourth-order valence-electron chi connectivity index (χ4n) is 3.63. The maximum Gasteiger partial charge on any atom is 0.227 e. The summed E-state index contributed by atoms with van der Waals surface area (Å²) >= 11 is 0. The Balaban J connectivity index is 1.58. The molecule has 0 aromatic heterocycles. The molecule has 27 heavy (non-hydrogen) atoms. The van der Waals surface area contributed by atoms with Crippen LogP contribution in [0.4, 0.5) is 0 Å². The first kappa shape index (κ1) is 19.4. The molecule has 4 nitrogen and oxygen atoms in total. The van der Waals surface area contributed by atoms with E-state index in [9.17, 15) is 4.79 Å². The third kappa shape index (κ3) is 5.33. The van der Waals surface area contributed by atoms with Gasteiger partial charge in [-0.2, -0.15) is 0 Å². The number of nitrogens with zero attached hydrogens (tertiary/aromatic N) is 1. The fourth-order valence-corrected chi connectivity index (χ4v) is 3.63. The minimum absolute atomic E-state index is 0.138. The second-order valence-electron chi connectivity index (χ2n) is 7.64. The number of piperidine rings is 1. The summed E-state index contributed by atoms with van der Waals surface area (Å²) in [7, 11) is 0. The maximum atomic E-state index is 12.7. The van der Waals surface area contributed by atoms with Gasteiger partial charge < -0.3 is 15.4 Å². The molecule has 0 aliphatic carbocycles. The molecule has 2 N–H and O–H groups in total. The van der Waals surface area contributed by atoms with Crippen LogP contribution in [0, 0.1) is 12.8 Å². The second kappa shape index (κ2) is 9.05. The van der Waals surface area contributed by atoms with Gasteiger partial charge in [0, 0.05) is 19.1 Å². The number of benzene rings is 2. The van der Waals surface area contributed by atoms with Crippen molar-refractivity contribution in [1.82, 2.24) is 4.90 Å². The molecular formula is C23H30N2O2. The minimum atomic E-state index is 0.138. The summed E-state index contributed by atoms with van der Waals surface area (Å²) < 4.78 is 5.95. The van der Waals surface area contributed by atoms with Crippen molar-refractivity contribution in [3.05, 3.63) is 65.2 Å². The Morgan fingerprint density at radius 3 is 2.85 bits per heavy atom. The van der Waals surface area contributed by atoms with E-state index in [0.29, 0.717) is 18.9 Å². The van der Waals surface area contributed by atoms with Gasteiger partial charge in [0.15, 0.2) is 0 Å². The van der Waals surface area contributed by atoms with Crippen molar-refractivity contribution in [2.45, 2.75) is 45.8 Å². The van der Waals surface area contributed by atoms with E-state index >= 15 is 0 Å². The van der Waals surface area contributed by atoms with Gasteiger partial charge in [0.1, 0.15) is 12.4 Å². The summed E-state index contributed by atoms with van der Waals surface area (Å²) in [5.74, 6) is 1.39. The molecule has 2 atom stereocenters. The van der Waals surface area contributed by atoms with Gasteiger partial charge in [0.25, 0.3) is 0 Å². The van der Waals surface area contributed by atoms with Crippen LogP contribution >= 0.6 is 0 Å². The van der Waals surface area contributed by atoms with E-state index in [0.717, 1.165) is 37.2 Å². The Labute approximate surface area is 162 Å². The Kier molecular flexibility index (Phi) is 6.51. The molecule has 1 aliphatic heterocycles. The van der Waals surface area contributed by atoms with Gasteiger partial charge >= 0.3 is 0 Å². The monoisotopic (exact) mass is 366 g/mol. The Bertz CT molecular complexity index is 772. The molecule has 144 valence electrons. The largest absolute Gasteiger partial charge is 0.489 e. The maximum absolute atomic E-state index is 12.7. The zero-order chi connectivity index (χ0) is 19.2. The van der Waals surface area contributed by atoms with Crippen LogP contribution in [0.5, 0.6) is 5.75 Å². The van der Waals surface area contributed by atoms with Gasteiger partial charge in [-0.25, -0.2) is 0 Å². The van der Waals surface area contributed by atoms with E-state index in [4.69, 9.17) is 10.5 Å². The van der Waals surface area contributed by atoms with E-state index in [2.05, 4.69) is 19.1 Å². The van der Waals surface area contributed by atoms with Crippen LogP contribution in [-0.4, -0.2) is 29.9 Å². The van der Waals surface area contributed by atoms with Gasteiger partial charge in [-0.15, -0.1) is 0 Å². The number of hydrogen-bond acceptors (Lipinski definition) is 3. The lowest BCUT2D eigenvalue weighted by atomic mass is 9.92. The smallest absolute Gasteiger partial charge is 0.227 e. The number of aryl methyl sites for hydroxylation is 1. The van der Waals surface area contributed by atoms with Crippen LogP contribution in [0.1, 0.15) is 36.5 Å². The Hall–Kier alpha value is -2.33. The van der Waals surface area contributed by atoms with E-state index in [-0.39, 0.29) is 11.9 Å².